The lowest BCUT2D eigenvalue weighted by molar-refractivity contribution is 0.528. The molecule has 0 aliphatic carbocycles. The quantitative estimate of drug-likeness (QED) is 0.854. The molecule has 118 valence electrons. The summed E-state index contributed by atoms with van der Waals surface area (Å²) < 4.78 is 1.57. The van der Waals surface area contributed by atoms with Gasteiger partial charge in [-0.1, -0.05) is 33.3 Å². The maximum Gasteiger partial charge on any atom is 0.271 e. The number of hydrogen-bond acceptors (Lipinski definition) is 4. The lowest BCUT2D eigenvalue weighted by Crippen LogP contribution is -2.31. The summed E-state index contributed by atoms with van der Waals surface area (Å²) in [5, 5.41) is 7.78. The predicted molar refractivity (Wildman–Crippen MR) is 88.6 cm³/mol. The van der Waals surface area contributed by atoms with Crippen LogP contribution in [-0.2, 0) is 13.1 Å². The van der Waals surface area contributed by atoms with Crippen LogP contribution in [0.4, 0.5) is 0 Å². The molecule has 2 rings (SSSR count). The van der Waals surface area contributed by atoms with Gasteiger partial charge >= 0.3 is 0 Å². The highest BCUT2D eigenvalue weighted by Crippen LogP contribution is 2.13. The Morgan fingerprint density at radius 2 is 2.09 bits per heavy atom. The molecule has 0 atom stereocenters. The Balaban J connectivity index is 2.41. The molecule has 1 N–H and O–H groups in total. The smallest absolute Gasteiger partial charge is 0.271 e. The minimum atomic E-state index is -0.0127. The zero-order valence-electron chi connectivity index (χ0n) is 13.5. The van der Waals surface area contributed by atoms with Crippen LogP contribution in [0.5, 0.6) is 0 Å². The van der Waals surface area contributed by atoms with Gasteiger partial charge in [-0.05, 0) is 24.6 Å². The van der Waals surface area contributed by atoms with E-state index in [1.54, 1.807) is 10.9 Å². The zero-order chi connectivity index (χ0) is 15.9. The second-order valence-corrected chi connectivity index (χ2v) is 5.69. The average Bonchev–Trinajstić information content (AvgIpc) is 2.53. The molecule has 2 heterocycles. The van der Waals surface area contributed by atoms with Gasteiger partial charge in [-0.2, -0.15) is 5.10 Å². The molecule has 0 unspecified atom stereocenters. The summed E-state index contributed by atoms with van der Waals surface area (Å²) in [6.45, 7) is 7.43. The molecule has 0 aliphatic rings. The van der Waals surface area contributed by atoms with E-state index in [2.05, 4.69) is 36.2 Å². The zero-order valence-corrected chi connectivity index (χ0v) is 13.5. The molecule has 5 heteroatoms. The van der Waals surface area contributed by atoms with Crippen molar-refractivity contribution in [3.63, 3.8) is 0 Å². The number of unbranched alkanes of at least 4 members (excludes halogenated alkanes) is 1. The van der Waals surface area contributed by atoms with Gasteiger partial charge in [-0.15, -0.1) is 0 Å². The second-order valence-electron chi connectivity index (χ2n) is 5.69. The molecular weight excluding hydrogens is 276 g/mol. The molecule has 0 aliphatic heterocycles. The first-order valence-electron chi connectivity index (χ1n) is 7.87. The molecule has 0 spiro atoms. The molecule has 2 aromatic rings. The number of nitrogens with one attached hydrogen (secondary N) is 1. The van der Waals surface area contributed by atoms with Crippen LogP contribution < -0.4 is 10.9 Å². The lowest BCUT2D eigenvalue weighted by atomic mass is 10.2. The van der Waals surface area contributed by atoms with Crippen LogP contribution in [-0.4, -0.2) is 20.8 Å². The maximum atomic E-state index is 12.5. The van der Waals surface area contributed by atoms with E-state index in [4.69, 9.17) is 0 Å². The number of nitrogens with zero attached hydrogens (tertiary/aromatic N) is 3. The van der Waals surface area contributed by atoms with E-state index in [1.807, 2.05) is 24.3 Å². The van der Waals surface area contributed by atoms with Gasteiger partial charge in [0.1, 0.15) is 5.69 Å². The molecule has 0 saturated carbocycles. The fourth-order valence-electron chi connectivity index (χ4n) is 2.14. The van der Waals surface area contributed by atoms with Crippen LogP contribution in [0.1, 0.15) is 39.2 Å². The Labute approximate surface area is 131 Å². The third-order valence-electron chi connectivity index (χ3n) is 3.40. The van der Waals surface area contributed by atoms with Gasteiger partial charge in [0.05, 0.1) is 5.69 Å². The highest BCUT2D eigenvalue weighted by atomic mass is 16.1. The second kappa shape index (κ2) is 7.84. The first-order valence-corrected chi connectivity index (χ1v) is 7.87. The van der Waals surface area contributed by atoms with Crippen molar-refractivity contribution in [3.05, 3.63) is 46.4 Å². The molecule has 0 amide bonds. The predicted octanol–water partition coefficient (Wildman–Crippen LogP) is 2.60. The van der Waals surface area contributed by atoms with Crippen LogP contribution in [0, 0.1) is 0 Å². The third-order valence-corrected chi connectivity index (χ3v) is 3.40. The first kappa shape index (κ1) is 16.4. The highest BCUT2D eigenvalue weighted by molar-refractivity contribution is 5.53. The van der Waals surface area contributed by atoms with Crippen molar-refractivity contribution in [2.45, 2.75) is 52.7 Å². The van der Waals surface area contributed by atoms with Crippen molar-refractivity contribution < 1.29 is 0 Å². The molecular formula is C17H24N4O. The maximum absolute atomic E-state index is 12.5. The van der Waals surface area contributed by atoms with Crippen molar-refractivity contribution in [1.82, 2.24) is 20.1 Å². The van der Waals surface area contributed by atoms with Crippen LogP contribution in [0.3, 0.4) is 0 Å². The molecule has 0 bridgehead atoms. The van der Waals surface area contributed by atoms with E-state index < -0.39 is 0 Å². The van der Waals surface area contributed by atoms with Gasteiger partial charge in [0.15, 0.2) is 0 Å². The van der Waals surface area contributed by atoms with E-state index in [0.717, 1.165) is 29.8 Å². The molecule has 0 radical (unpaired) electrons. The Bertz CT molecular complexity index is 649. The third kappa shape index (κ3) is 4.24. The Morgan fingerprint density at radius 1 is 1.27 bits per heavy atom. The number of pyridine rings is 1. The van der Waals surface area contributed by atoms with Crippen molar-refractivity contribution in [2.24, 2.45) is 0 Å². The van der Waals surface area contributed by atoms with E-state index in [1.165, 1.54) is 0 Å². The van der Waals surface area contributed by atoms with Crippen molar-refractivity contribution in [1.29, 1.82) is 0 Å². The SMILES string of the molecule is CCCCn1nc(-c2ccccn2)cc(CNC(C)C)c1=O. The van der Waals surface area contributed by atoms with E-state index >= 15 is 0 Å². The summed E-state index contributed by atoms with van der Waals surface area (Å²) in [7, 11) is 0. The first-order chi connectivity index (χ1) is 10.6. The Hall–Kier alpha value is -2.01. The minimum absolute atomic E-state index is 0.0127. The molecule has 5 nitrogen and oxygen atoms in total. The average molecular weight is 300 g/mol. The van der Waals surface area contributed by atoms with Gasteiger partial charge in [-0.25, -0.2) is 4.68 Å². The van der Waals surface area contributed by atoms with Crippen molar-refractivity contribution >= 4 is 0 Å². The number of hydrogen-bond donors (Lipinski definition) is 1. The molecule has 22 heavy (non-hydrogen) atoms. The van der Waals surface area contributed by atoms with Crippen molar-refractivity contribution in [2.75, 3.05) is 0 Å². The summed E-state index contributed by atoms with van der Waals surface area (Å²) in [5.74, 6) is 0. The number of rotatable bonds is 7. The minimum Gasteiger partial charge on any atom is -0.310 e. The van der Waals surface area contributed by atoms with Gasteiger partial charge in [0, 0.05) is 30.9 Å². The van der Waals surface area contributed by atoms with Crippen LogP contribution >= 0.6 is 0 Å². The van der Waals surface area contributed by atoms with Crippen LogP contribution in [0.15, 0.2) is 35.3 Å². The molecule has 0 fully saturated rings. The Kier molecular flexibility index (Phi) is 5.83. The van der Waals surface area contributed by atoms with Crippen molar-refractivity contribution in [3.8, 4) is 11.4 Å². The lowest BCUT2D eigenvalue weighted by Gasteiger charge is -2.12. The highest BCUT2D eigenvalue weighted by Gasteiger charge is 2.10. The fraction of sp³-hybridized carbons (Fsp3) is 0.471. The largest absolute Gasteiger partial charge is 0.310 e. The van der Waals surface area contributed by atoms with Crippen LogP contribution in [0.2, 0.25) is 0 Å². The molecule has 0 saturated heterocycles. The normalized spacial score (nSPS) is 11.1. The summed E-state index contributed by atoms with van der Waals surface area (Å²) in [6, 6.07) is 7.89. The van der Waals surface area contributed by atoms with Gasteiger partial charge in [-0.3, -0.25) is 9.78 Å². The topological polar surface area (TPSA) is 59.8 Å². The summed E-state index contributed by atoms with van der Waals surface area (Å²) in [4.78, 5) is 16.8. The van der Waals surface area contributed by atoms with E-state index in [-0.39, 0.29) is 5.56 Å². The summed E-state index contributed by atoms with van der Waals surface area (Å²) >= 11 is 0. The van der Waals surface area contributed by atoms with E-state index in [9.17, 15) is 4.79 Å². The van der Waals surface area contributed by atoms with Gasteiger partial charge in [0.2, 0.25) is 0 Å². The van der Waals surface area contributed by atoms with Crippen LogP contribution in [0.25, 0.3) is 11.4 Å². The molecule has 2 aromatic heterocycles. The fourth-order valence-corrected chi connectivity index (χ4v) is 2.14. The van der Waals surface area contributed by atoms with Gasteiger partial charge < -0.3 is 5.32 Å². The summed E-state index contributed by atoms with van der Waals surface area (Å²) in [6.07, 6.45) is 3.71. The standard InChI is InChI=1S/C17H24N4O/c1-4-5-10-21-17(22)14(12-19-13(2)3)11-16(20-21)15-8-6-7-9-18-15/h6-9,11,13,19H,4-5,10,12H2,1-3H3. The monoisotopic (exact) mass is 300 g/mol. The summed E-state index contributed by atoms with van der Waals surface area (Å²) in [5.41, 5.74) is 2.26. The number of aromatic nitrogens is 3. The Morgan fingerprint density at radius 3 is 2.73 bits per heavy atom. The van der Waals surface area contributed by atoms with Gasteiger partial charge in [0.25, 0.3) is 5.56 Å². The molecule has 0 aromatic carbocycles. The number of aryl methyl sites for hydroxylation is 1. The van der Waals surface area contributed by atoms with E-state index in [0.29, 0.717) is 19.1 Å².